The van der Waals surface area contributed by atoms with Gasteiger partial charge in [0.1, 0.15) is 0 Å². The Kier molecular flexibility index (Phi) is 6.58. The van der Waals surface area contributed by atoms with E-state index in [0.29, 0.717) is 6.54 Å². The maximum absolute atomic E-state index is 13.5. The third-order valence-electron chi connectivity index (χ3n) is 4.33. The van der Waals surface area contributed by atoms with Gasteiger partial charge in [-0.25, -0.2) is 4.39 Å². The van der Waals surface area contributed by atoms with Crippen molar-refractivity contribution in [2.75, 3.05) is 13.2 Å². The number of nitrogens with one attached hydrogen (secondary N) is 1. The van der Waals surface area contributed by atoms with Crippen molar-refractivity contribution in [2.45, 2.75) is 12.3 Å². The van der Waals surface area contributed by atoms with Crippen LogP contribution in [0.25, 0.3) is 0 Å². The summed E-state index contributed by atoms with van der Waals surface area (Å²) in [5.74, 6) is -0.310. The Morgan fingerprint density at radius 1 is 0.852 bits per heavy atom. The predicted octanol–water partition coefficient (Wildman–Crippen LogP) is 4.54. The van der Waals surface area contributed by atoms with Crippen LogP contribution in [0.5, 0.6) is 5.75 Å². The molecule has 0 saturated heterocycles. The van der Waals surface area contributed by atoms with Crippen molar-refractivity contribution >= 4 is 5.91 Å². The SMILES string of the molecule is O=C(CCOc1ccccc1F)NCC(c1ccccc1)c1ccccc1. The molecule has 4 heteroatoms. The number of carbonyl (C=O) groups excluding carboxylic acids is 1. The lowest BCUT2D eigenvalue weighted by atomic mass is 9.91. The van der Waals surface area contributed by atoms with Crippen LogP contribution in [0.4, 0.5) is 4.39 Å². The Hall–Kier alpha value is -3.14. The lowest BCUT2D eigenvalue weighted by Gasteiger charge is -2.19. The fourth-order valence-corrected chi connectivity index (χ4v) is 2.92. The Labute approximate surface area is 158 Å². The number of amides is 1. The summed E-state index contributed by atoms with van der Waals surface area (Å²) < 4.78 is 18.9. The first kappa shape index (κ1) is 18.6. The zero-order chi connectivity index (χ0) is 18.9. The molecule has 3 aromatic carbocycles. The molecule has 0 unspecified atom stereocenters. The third kappa shape index (κ3) is 5.42. The van der Waals surface area contributed by atoms with Crippen molar-refractivity contribution in [3.8, 4) is 5.75 Å². The summed E-state index contributed by atoms with van der Waals surface area (Å²) in [6.45, 7) is 0.626. The summed E-state index contributed by atoms with van der Waals surface area (Å²) in [6, 6.07) is 26.4. The lowest BCUT2D eigenvalue weighted by Crippen LogP contribution is -2.30. The van der Waals surface area contributed by atoms with Gasteiger partial charge in [0, 0.05) is 12.5 Å². The molecule has 0 aliphatic heterocycles. The van der Waals surface area contributed by atoms with E-state index < -0.39 is 5.82 Å². The highest BCUT2D eigenvalue weighted by molar-refractivity contribution is 5.76. The van der Waals surface area contributed by atoms with Gasteiger partial charge in [-0.2, -0.15) is 0 Å². The number of hydrogen-bond donors (Lipinski definition) is 1. The molecule has 1 N–H and O–H groups in total. The first-order valence-corrected chi connectivity index (χ1v) is 8.98. The summed E-state index contributed by atoms with van der Waals surface area (Å²) in [4.78, 5) is 12.2. The van der Waals surface area contributed by atoms with Crippen LogP contribution in [0.2, 0.25) is 0 Å². The van der Waals surface area contributed by atoms with Crippen LogP contribution in [0.3, 0.4) is 0 Å². The highest BCUT2D eigenvalue weighted by Crippen LogP contribution is 2.23. The number of rotatable bonds is 8. The highest BCUT2D eigenvalue weighted by atomic mass is 19.1. The number of carbonyl (C=O) groups is 1. The molecule has 0 atom stereocenters. The molecular formula is C23H22FNO2. The van der Waals surface area contributed by atoms with Gasteiger partial charge in [0.25, 0.3) is 0 Å². The fourth-order valence-electron chi connectivity index (χ4n) is 2.92. The fraction of sp³-hybridized carbons (Fsp3) is 0.174. The van der Waals surface area contributed by atoms with Gasteiger partial charge < -0.3 is 10.1 Å². The standard InChI is InChI=1S/C23H22FNO2/c24-21-13-7-8-14-22(21)27-16-15-23(26)25-17-20(18-9-3-1-4-10-18)19-11-5-2-6-12-19/h1-14,20H,15-17H2,(H,25,26). The van der Waals surface area contributed by atoms with Crippen molar-refractivity contribution in [1.82, 2.24) is 5.32 Å². The van der Waals surface area contributed by atoms with E-state index >= 15 is 0 Å². The topological polar surface area (TPSA) is 38.3 Å². The number of para-hydroxylation sites is 1. The van der Waals surface area contributed by atoms with E-state index in [-0.39, 0.29) is 30.6 Å². The van der Waals surface area contributed by atoms with Crippen molar-refractivity contribution in [2.24, 2.45) is 0 Å². The molecule has 3 rings (SSSR count). The smallest absolute Gasteiger partial charge is 0.223 e. The van der Waals surface area contributed by atoms with E-state index in [1.54, 1.807) is 18.2 Å². The van der Waals surface area contributed by atoms with Crippen LogP contribution in [-0.2, 0) is 4.79 Å². The summed E-state index contributed by atoms with van der Waals surface area (Å²) >= 11 is 0. The van der Waals surface area contributed by atoms with Gasteiger partial charge in [0.05, 0.1) is 13.0 Å². The van der Waals surface area contributed by atoms with Crippen molar-refractivity contribution in [1.29, 1.82) is 0 Å². The summed E-state index contributed by atoms with van der Waals surface area (Å²) in [6.07, 6.45) is 0.171. The van der Waals surface area contributed by atoms with Crippen LogP contribution < -0.4 is 10.1 Å². The van der Waals surface area contributed by atoms with E-state index in [9.17, 15) is 9.18 Å². The van der Waals surface area contributed by atoms with Crippen molar-refractivity contribution in [3.63, 3.8) is 0 Å². The second-order valence-corrected chi connectivity index (χ2v) is 6.21. The van der Waals surface area contributed by atoms with E-state index in [1.165, 1.54) is 6.07 Å². The van der Waals surface area contributed by atoms with E-state index in [2.05, 4.69) is 29.6 Å². The van der Waals surface area contributed by atoms with Gasteiger partial charge in [-0.15, -0.1) is 0 Å². The molecule has 3 aromatic rings. The number of halogens is 1. The molecule has 0 aliphatic rings. The molecule has 0 spiro atoms. The van der Waals surface area contributed by atoms with Crippen LogP contribution in [0, 0.1) is 5.82 Å². The van der Waals surface area contributed by atoms with Crippen LogP contribution in [-0.4, -0.2) is 19.1 Å². The molecule has 0 radical (unpaired) electrons. The molecule has 0 fully saturated rings. The maximum atomic E-state index is 13.5. The van der Waals surface area contributed by atoms with Crippen LogP contribution in [0.1, 0.15) is 23.5 Å². The Morgan fingerprint density at radius 3 is 2.00 bits per heavy atom. The Morgan fingerprint density at radius 2 is 1.41 bits per heavy atom. The zero-order valence-corrected chi connectivity index (χ0v) is 15.0. The average Bonchev–Trinajstić information content (AvgIpc) is 2.71. The van der Waals surface area contributed by atoms with Gasteiger partial charge in [-0.3, -0.25) is 4.79 Å². The van der Waals surface area contributed by atoms with Crippen molar-refractivity contribution < 1.29 is 13.9 Å². The normalized spacial score (nSPS) is 10.6. The quantitative estimate of drug-likeness (QED) is 0.638. The van der Waals surface area contributed by atoms with Crippen LogP contribution >= 0.6 is 0 Å². The minimum atomic E-state index is -0.425. The van der Waals surface area contributed by atoms with Gasteiger partial charge in [-0.1, -0.05) is 72.8 Å². The lowest BCUT2D eigenvalue weighted by molar-refractivity contribution is -0.121. The van der Waals surface area contributed by atoms with Crippen LogP contribution in [0.15, 0.2) is 84.9 Å². The minimum Gasteiger partial charge on any atom is -0.490 e. The predicted molar refractivity (Wildman–Crippen MR) is 104 cm³/mol. The zero-order valence-electron chi connectivity index (χ0n) is 15.0. The Balaban J connectivity index is 1.55. The van der Waals surface area contributed by atoms with E-state index in [1.807, 2.05) is 36.4 Å². The highest BCUT2D eigenvalue weighted by Gasteiger charge is 2.15. The average molecular weight is 363 g/mol. The molecule has 0 saturated carbocycles. The first-order chi connectivity index (χ1) is 13.2. The molecule has 138 valence electrons. The Bertz CT molecular complexity index is 813. The van der Waals surface area contributed by atoms with E-state index in [0.717, 1.165) is 11.1 Å². The maximum Gasteiger partial charge on any atom is 0.223 e. The second-order valence-electron chi connectivity index (χ2n) is 6.21. The van der Waals surface area contributed by atoms with Gasteiger partial charge in [0.2, 0.25) is 5.91 Å². The van der Waals surface area contributed by atoms with E-state index in [4.69, 9.17) is 4.74 Å². The summed E-state index contributed by atoms with van der Waals surface area (Å²) in [7, 11) is 0. The molecule has 27 heavy (non-hydrogen) atoms. The largest absolute Gasteiger partial charge is 0.490 e. The molecule has 1 amide bonds. The molecule has 0 bridgehead atoms. The van der Waals surface area contributed by atoms with Gasteiger partial charge >= 0.3 is 0 Å². The number of benzene rings is 3. The first-order valence-electron chi connectivity index (χ1n) is 8.98. The molecular weight excluding hydrogens is 341 g/mol. The number of ether oxygens (including phenoxy) is 1. The molecule has 0 aliphatic carbocycles. The summed E-state index contributed by atoms with van der Waals surface area (Å²) in [5.41, 5.74) is 2.29. The monoisotopic (exact) mass is 363 g/mol. The minimum absolute atomic E-state index is 0.0730. The second kappa shape index (κ2) is 9.53. The number of hydrogen-bond acceptors (Lipinski definition) is 2. The van der Waals surface area contributed by atoms with Gasteiger partial charge in [0.15, 0.2) is 11.6 Å². The summed E-state index contributed by atoms with van der Waals surface area (Å²) in [5, 5.41) is 2.97. The van der Waals surface area contributed by atoms with Crippen molar-refractivity contribution in [3.05, 3.63) is 102 Å². The molecule has 3 nitrogen and oxygen atoms in total. The molecule has 0 aromatic heterocycles. The third-order valence-corrected chi connectivity index (χ3v) is 4.33. The molecule has 0 heterocycles. The van der Waals surface area contributed by atoms with Gasteiger partial charge in [-0.05, 0) is 23.3 Å².